The topological polar surface area (TPSA) is 75.4 Å². The van der Waals surface area contributed by atoms with E-state index in [9.17, 15) is 9.59 Å². The van der Waals surface area contributed by atoms with Crippen LogP contribution in [0.5, 0.6) is 0 Å². The Morgan fingerprint density at radius 2 is 2.25 bits per heavy atom. The summed E-state index contributed by atoms with van der Waals surface area (Å²) in [5.74, 6) is -1.39. The number of piperidine rings is 1. The van der Waals surface area contributed by atoms with Gasteiger partial charge >= 0.3 is 5.97 Å². The molecule has 20 heavy (non-hydrogen) atoms. The van der Waals surface area contributed by atoms with E-state index >= 15 is 0 Å². The number of rotatable bonds is 4. The number of amides is 1. The van der Waals surface area contributed by atoms with Gasteiger partial charge in [-0.05, 0) is 25.3 Å². The van der Waals surface area contributed by atoms with Crippen molar-refractivity contribution >= 4 is 11.9 Å². The summed E-state index contributed by atoms with van der Waals surface area (Å²) < 4.78 is 1.59. The zero-order chi connectivity index (χ0) is 14.7. The van der Waals surface area contributed by atoms with Crippen LogP contribution >= 0.6 is 0 Å². The van der Waals surface area contributed by atoms with E-state index in [1.807, 2.05) is 6.07 Å². The highest BCUT2D eigenvalue weighted by molar-refractivity contribution is 5.93. The lowest BCUT2D eigenvalue weighted by Gasteiger charge is -2.30. The maximum atomic E-state index is 12.5. The molecule has 6 heteroatoms. The summed E-state index contributed by atoms with van der Waals surface area (Å²) in [5, 5.41) is 13.4. The molecule has 1 aromatic rings. The second-order valence-corrected chi connectivity index (χ2v) is 5.32. The number of aryl methyl sites for hydroxylation is 2. The number of hydrogen-bond donors (Lipinski definition) is 1. The Kier molecular flexibility index (Phi) is 4.42. The molecule has 1 N–H and O–H groups in total. The molecular formula is C14H21N3O3. The second kappa shape index (κ2) is 6.07. The summed E-state index contributed by atoms with van der Waals surface area (Å²) in [6.07, 6.45) is 3.21. The van der Waals surface area contributed by atoms with Crippen LogP contribution in [-0.2, 0) is 18.3 Å². The predicted molar refractivity (Wildman–Crippen MR) is 73.5 cm³/mol. The van der Waals surface area contributed by atoms with Gasteiger partial charge in [-0.2, -0.15) is 5.10 Å². The highest BCUT2D eigenvalue weighted by Gasteiger charge is 2.29. The third-order valence-electron chi connectivity index (χ3n) is 3.71. The summed E-state index contributed by atoms with van der Waals surface area (Å²) in [6, 6.07) is 1.82. The van der Waals surface area contributed by atoms with Gasteiger partial charge in [0.2, 0.25) is 0 Å². The van der Waals surface area contributed by atoms with Gasteiger partial charge in [-0.1, -0.05) is 13.3 Å². The highest BCUT2D eigenvalue weighted by Crippen LogP contribution is 2.19. The van der Waals surface area contributed by atoms with E-state index in [4.69, 9.17) is 5.11 Å². The van der Waals surface area contributed by atoms with Crippen molar-refractivity contribution in [3.63, 3.8) is 0 Å². The van der Waals surface area contributed by atoms with Crippen LogP contribution in [0.4, 0.5) is 0 Å². The average molecular weight is 279 g/mol. The van der Waals surface area contributed by atoms with E-state index in [-0.39, 0.29) is 5.91 Å². The van der Waals surface area contributed by atoms with Crippen molar-refractivity contribution in [2.45, 2.75) is 32.6 Å². The third kappa shape index (κ3) is 3.00. The number of likely N-dealkylation sites (tertiary alicyclic amines) is 1. The first-order valence-corrected chi connectivity index (χ1v) is 7.08. The van der Waals surface area contributed by atoms with Gasteiger partial charge in [0, 0.05) is 20.1 Å². The molecular weight excluding hydrogens is 258 g/mol. The molecule has 6 nitrogen and oxygen atoms in total. The summed E-state index contributed by atoms with van der Waals surface area (Å²) in [7, 11) is 1.75. The van der Waals surface area contributed by atoms with Crippen LogP contribution in [0.25, 0.3) is 0 Å². The van der Waals surface area contributed by atoms with Gasteiger partial charge < -0.3 is 10.0 Å². The number of aromatic nitrogens is 2. The number of carboxylic acids is 1. The van der Waals surface area contributed by atoms with Crippen molar-refractivity contribution in [2.75, 3.05) is 13.1 Å². The number of nitrogens with zero attached hydrogens (tertiary/aromatic N) is 3. The Balaban J connectivity index is 2.12. The predicted octanol–water partition coefficient (Wildman–Crippen LogP) is 1.31. The molecule has 0 spiro atoms. The van der Waals surface area contributed by atoms with E-state index in [1.165, 1.54) is 0 Å². The monoisotopic (exact) mass is 279 g/mol. The lowest BCUT2D eigenvalue weighted by atomic mass is 9.98. The number of hydrogen-bond acceptors (Lipinski definition) is 3. The molecule has 2 rings (SSSR count). The van der Waals surface area contributed by atoms with Gasteiger partial charge in [0.05, 0.1) is 11.6 Å². The molecule has 1 aromatic heterocycles. The lowest BCUT2D eigenvalue weighted by molar-refractivity contribution is -0.143. The number of carboxylic acid groups (broad SMARTS) is 1. The Morgan fingerprint density at radius 1 is 1.50 bits per heavy atom. The molecule has 1 atom stereocenters. The summed E-state index contributed by atoms with van der Waals surface area (Å²) in [4.78, 5) is 25.2. The molecule has 0 aromatic carbocycles. The molecule has 0 saturated carbocycles. The quantitative estimate of drug-likeness (QED) is 0.901. The maximum Gasteiger partial charge on any atom is 0.308 e. The van der Waals surface area contributed by atoms with E-state index in [2.05, 4.69) is 12.0 Å². The molecule has 0 aliphatic carbocycles. The summed E-state index contributed by atoms with van der Waals surface area (Å²) >= 11 is 0. The molecule has 0 unspecified atom stereocenters. The van der Waals surface area contributed by atoms with Crippen molar-refractivity contribution in [3.8, 4) is 0 Å². The standard InChI is InChI=1S/C14H21N3O3/c1-3-5-11-8-12(16(2)15-11)13(18)17-7-4-6-10(9-17)14(19)20/h8,10H,3-7,9H2,1-2H3,(H,19,20)/t10-/m0/s1. The van der Waals surface area contributed by atoms with Gasteiger partial charge in [-0.15, -0.1) is 0 Å². The Morgan fingerprint density at radius 3 is 2.90 bits per heavy atom. The minimum atomic E-state index is -0.820. The zero-order valence-electron chi connectivity index (χ0n) is 12.0. The van der Waals surface area contributed by atoms with E-state index in [0.717, 1.165) is 25.0 Å². The van der Waals surface area contributed by atoms with Crippen molar-refractivity contribution in [2.24, 2.45) is 13.0 Å². The molecule has 1 fully saturated rings. The van der Waals surface area contributed by atoms with Crippen LogP contribution in [0.3, 0.4) is 0 Å². The van der Waals surface area contributed by atoms with E-state index in [0.29, 0.717) is 25.2 Å². The van der Waals surface area contributed by atoms with Crippen molar-refractivity contribution in [1.29, 1.82) is 0 Å². The largest absolute Gasteiger partial charge is 0.481 e. The third-order valence-corrected chi connectivity index (χ3v) is 3.71. The SMILES string of the molecule is CCCc1cc(C(=O)N2CCC[C@H](C(=O)O)C2)n(C)n1. The molecule has 1 amide bonds. The molecule has 110 valence electrons. The first-order valence-electron chi connectivity index (χ1n) is 7.08. The van der Waals surface area contributed by atoms with Crippen LogP contribution in [0.1, 0.15) is 42.4 Å². The Labute approximate surface area is 118 Å². The molecule has 1 saturated heterocycles. The zero-order valence-corrected chi connectivity index (χ0v) is 12.0. The number of aliphatic carboxylic acids is 1. The Bertz CT molecular complexity index is 510. The highest BCUT2D eigenvalue weighted by atomic mass is 16.4. The van der Waals surface area contributed by atoms with Gasteiger partial charge in [0.15, 0.2) is 0 Å². The molecule has 2 heterocycles. The van der Waals surface area contributed by atoms with Crippen LogP contribution < -0.4 is 0 Å². The van der Waals surface area contributed by atoms with Gasteiger partial charge in [-0.3, -0.25) is 14.3 Å². The van der Waals surface area contributed by atoms with Crippen molar-refractivity contribution in [3.05, 3.63) is 17.5 Å². The normalized spacial score (nSPS) is 19.1. The van der Waals surface area contributed by atoms with Crippen molar-refractivity contribution < 1.29 is 14.7 Å². The van der Waals surface area contributed by atoms with Crippen LogP contribution in [-0.4, -0.2) is 44.8 Å². The second-order valence-electron chi connectivity index (χ2n) is 5.32. The number of carbonyl (C=O) groups excluding carboxylic acids is 1. The van der Waals surface area contributed by atoms with E-state index < -0.39 is 11.9 Å². The van der Waals surface area contributed by atoms with Crippen LogP contribution in [0, 0.1) is 5.92 Å². The molecule has 1 aliphatic rings. The van der Waals surface area contributed by atoms with Gasteiger partial charge in [0.1, 0.15) is 5.69 Å². The average Bonchev–Trinajstić information content (AvgIpc) is 2.79. The van der Waals surface area contributed by atoms with Gasteiger partial charge in [0.25, 0.3) is 5.91 Å². The van der Waals surface area contributed by atoms with Crippen LogP contribution in [0.15, 0.2) is 6.07 Å². The van der Waals surface area contributed by atoms with Crippen molar-refractivity contribution in [1.82, 2.24) is 14.7 Å². The smallest absolute Gasteiger partial charge is 0.308 e. The van der Waals surface area contributed by atoms with Crippen LogP contribution in [0.2, 0.25) is 0 Å². The molecule has 1 aliphatic heterocycles. The summed E-state index contributed by atoms with van der Waals surface area (Å²) in [6.45, 7) is 2.98. The first kappa shape index (κ1) is 14.6. The first-order chi connectivity index (χ1) is 9.52. The minimum absolute atomic E-state index is 0.117. The Hall–Kier alpha value is -1.85. The number of carbonyl (C=O) groups is 2. The fourth-order valence-corrected chi connectivity index (χ4v) is 2.63. The van der Waals surface area contributed by atoms with Gasteiger partial charge in [-0.25, -0.2) is 0 Å². The lowest BCUT2D eigenvalue weighted by Crippen LogP contribution is -2.42. The summed E-state index contributed by atoms with van der Waals surface area (Å²) in [5.41, 5.74) is 1.45. The molecule has 0 radical (unpaired) electrons. The van der Waals surface area contributed by atoms with E-state index in [1.54, 1.807) is 16.6 Å². The minimum Gasteiger partial charge on any atom is -0.481 e. The maximum absolute atomic E-state index is 12.5. The molecule has 0 bridgehead atoms. The fourth-order valence-electron chi connectivity index (χ4n) is 2.63. The fraction of sp³-hybridized carbons (Fsp3) is 0.643.